The van der Waals surface area contributed by atoms with Crippen LogP contribution in [0.15, 0.2) is 29.2 Å². The van der Waals surface area contributed by atoms with Gasteiger partial charge in [0.2, 0.25) is 10.0 Å². The van der Waals surface area contributed by atoms with Crippen LogP contribution in [0.2, 0.25) is 0 Å². The Hall–Kier alpha value is -0.910. The zero-order chi connectivity index (χ0) is 13.9. The maximum atomic E-state index is 12.2. The molecular weight excluding hydrogens is 262 g/mol. The number of hydrogen-bond donors (Lipinski definition) is 2. The van der Waals surface area contributed by atoms with Crippen LogP contribution in [0.25, 0.3) is 0 Å². The third kappa shape index (κ3) is 3.55. The van der Waals surface area contributed by atoms with E-state index < -0.39 is 10.0 Å². The Morgan fingerprint density at radius 2 is 1.95 bits per heavy atom. The lowest BCUT2D eigenvalue weighted by molar-refractivity contribution is 0.0724. The Kier molecular flexibility index (Phi) is 4.60. The van der Waals surface area contributed by atoms with Crippen molar-refractivity contribution in [1.82, 2.24) is 4.72 Å². The van der Waals surface area contributed by atoms with Crippen molar-refractivity contribution in [2.45, 2.75) is 43.6 Å². The Morgan fingerprint density at radius 1 is 1.26 bits per heavy atom. The van der Waals surface area contributed by atoms with Gasteiger partial charge in [-0.05, 0) is 37.3 Å². The summed E-state index contributed by atoms with van der Waals surface area (Å²) in [5.41, 5.74) is 0.735. The topological polar surface area (TPSA) is 66.4 Å². The molecule has 5 heteroatoms. The molecule has 1 aromatic rings. The van der Waals surface area contributed by atoms with E-state index in [2.05, 4.69) is 4.72 Å². The van der Waals surface area contributed by atoms with E-state index in [-0.39, 0.29) is 12.0 Å². The summed E-state index contributed by atoms with van der Waals surface area (Å²) in [6, 6.07) is 6.93. The van der Waals surface area contributed by atoms with Crippen LogP contribution in [0.5, 0.6) is 0 Å². The van der Waals surface area contributed by atoms with E-state index in [0.717, 1.165) is 31.2 Å². The van der Waals surface area contributed by atoms with Crippen LogP contribution in [-0.2, 0) is 10.0 Å². The second-order valence-corrected chi connectivity index (χ2v) is 6.96. The number of rotatable bonds is 4. The molecule has 2 atom stereocenters. The summed E-state index contributed by atoms with van der Waals surface area (Å²) in [4.78, 5) is 0.320. The summed E-state index contributed by atoms with van der Waals surface area (Å²) in [7, 11) is -3.47. The monoisotopic (exact) mass is 283 g/mol. The molecule has 0 radical (unpaired) electrons. The van der Waals surface area contributed by atoms with Gasteiger partial charge in [-0.25, -0.2) is 13.1 Å². The van der Waals surface area contributed by atoms with E-state index in [1.807, 2.05) is 6.07 Å². The molecular formula is C14H21NO3S. The van der Waals surface area contributed by atoms with Crippen molar-refractivity contribution in [2.24, 2.45) is 5.92 Å². The first kappa shape index (κ1) is 14.5. The van der Waals surface area contributed by atoms with Gasteiger partial charge in [-0.2, -0.15) is 0 Å². The van der Waals surface area contributed by atoms with Crippen molar-refractivity contribution in [1.29, 1.82) is 0 Å². The van der Waals surface area contributed by atoms with Gasteiger partial charge in [-0.3, -0.25) is 0 Å². The zero-order valence-corrected chi connectivity index (χ0v) is 12.0. The first-order valence-electron chi connectivity index (χ1n) is 6.74. The predicted octanol–water partition coefficient (Wildman–Crippen LogP) is 1.82. The maximum absolute atomic E-state index is 12.2. The maximum Gasteiger partial charge on any atom is 0.240 e. The molecule has 0 aromatic heterocycles. The molecule has 2 unspecified atom stereocenters. The molecule has 4 nitrogen and oxygen atoms in total. The van der Waals surface area contributed by atoms with Crippen LogP contribution in [0, 0.1) is 12.8 Å². The highest BCUT2D eigenvalue weighted by molar-refractivity contribution is 7.89. The molecule has 0 heterocycles. The van der Waals surface area contributed by atoms with E-state index in [0.29, 0.717) is 11.4 Å². The van der Waals surface area contributed by atoms with Crippen LogP contribution in [0.4, 0.5) is 0 Å². The van der Waals surface area contributed by atoms with E-state index in [1.54, 1.807) is 25.1 Å². The van der Waals surface area contributed by atoms with Gasteiger partial charge in [0.25, 0.3) is 0 Å². The first-order chi connectivity index (χ1) is 9.00. The highest BCUT2D eigenvalue weighted by Crippen LogP contribution is 2.24. The van der Waals surface area contributed by atoms with E-state index in [1.165, 1.54) is 0 Å². The highest BCUT2D eigenvalue weighted by atomic mass is 32.2. The highest BCUT2D eigenvalue weighted by Gasteiger charge is 2.25. The van der Waals surface area contributed by atoms with Gasteiger partial charge in [0.05, 0.1) is 11.0 Å². The van der Waals surface area contributed by atoms with Crippen LogP contribution < -0.4 is 4.72 Å². The van der Waals surface area contributed by atoms with E-state index in [9.17, 15) is 13.5 Å². The van der Waals surface area contributed by atoms with E-state index in [4.69, 9.17) is 0 Å². The minimum Gasteiger partial charge on any atom is -0.393 e. The van der Waals surface area contributed by atoms with Crippen LogP contribution in [0.3, 0.4) is 0 Å². The summed E-state index contributed by atoms with van der Waals surface area (Å²) < 4.78 is 27.0. The Morgan fingerprint density at radius 3 is 2.63 bits per heavy atom. The second kappa shape index (κ2) is 6.03. The fourth-order valence-corrected chi connectivity index (χ4v) is 3.92. The summed E-state index contributed by atoms with van der Waals surface area (Å²) in [6.45, 7) is 2.10. The first-order valence-corrected chi connectivity index (χ1v) is 8.22. The number of hydrogen-bond acceptors (Lipinski definition) is 3. The number of aryl methyl sites for hydroxylation is 1. The van der Waals surface area contributed by atoms with Gasteiger partial charge >= 0.3 is 0 Å². The number of benzene rings is 1. The fourth-order valence-electron chi connectivity index (χ4n) is 2.58. The quantitative estimate of drug-likeness (QED) is 0.886. The lowest BCUT2D eigenvalue weighted by Gasteiger charge is -2.27. The van der Waals surface area contributed by atoms with Crippen molar-refractivity contribution in [3.8, 4) is 0 Å². The molecule has 1 aromatic carbocycles. The molecule has 0 aliphatic heterocycles. The predicted molar refractivity (Wildman–Crippen MR) is 74.3 cm³/mol. The molecule has 0 amide bonds. The van der Waals surface area contributed by atoms with Crippen molar-refractivity contribution < 1.29 is 13.5 Å². The Bertz CT molecular complexity index is 527. The molecule has 2 rings (SSSR count). The second-order valence-electron chi connectivity index (χ2n) is 5.23. The largest absolute Gasteiger partial charge is 0.393 e. The third-order valence-corrected chi connectivity index (χ3v) is 5.37. The smallest absolute Gasteiger partial charge is 0.240 e. The molecule has 19 heavy (non-hydrogen) atoms. The summed E-state index contributed by atoms with van der Waals surface area (Å²) in [6.07, 6.45) is 3.37. The van der Waals surface area contributed by atoms with Gasteiger partial charge < -0.3 is 5.11 Å². The molecule has 1 aliphatic rings. The molecule has 1 fully saturated rings. The molecule has 0 spiro atoms. The molecule has 2 N–H and O–H groups in total. The summed E-state index contributed by atoms with van der Waals surface area (Å²) in [5.74, 6) is 0.0348. The van der Waals surface area contributed by atoms with Crippen molar-refractivity contribution in [3.63, 3.8) is 0 Å². The molecule has 1 saturated carbocycles. The minimum absolute atomic E-state index is 0.0348. The Balaban J connectivity index is 2.04. The van der Waals surface area contributed by atoms with Crippen LogP contribution in [-0.4, -0.2) is 26.2 Å². The molecule has 1 aliphatic carbocycles. The van der Waals surface area contributed by atoms with Gasteiger partial charge in [-0.15, -0.1) is 0 Å². The van der Waals surface area contributed by atoms with E-state index >= 15 is 0 Å². The standard InChI is InChI=1S/C14H21NO3S/c1-11-6-2-5-9-14(11)19(17,18)15-10-12-7-3-4-8-13(12)16/h2,5-6,9,12-13,15-16H,3-4,7-8,10H2,1H3. The normalized spacial score (nSPS) is 24.3. The van der Waals surface area contributed by atoms with Crippen LogP contribution >= 0.6 is 0 Å². The molecule has 106 valence electrons. The number of aliphatic hydroxyl groups is 1. The number of nitrogens with one attached hydrogen (secondary N) is 1. The number of sulfonamides is 1. The number of aliphatic hydroxyl groups excluding tert-OH is 1. The average Bonchev–Trinajstić information content (AvgIpc) is 2.38. The summed E-state index contributed by atoms with van der Waals surface area (Å²) >= 11 is 0. The van der Waals surface area contributed by atoms with Crippen LogP contribution in [0.1, 0.15) is 31.2 Å². The summed E-state index contributed by atoms with van der Waals surface area (Å²) in [5, 5.41) is 9.86. The fraction of sp³-hybridized carbons (Fsp3) is 0.571. The van der Waals surface area contributed by atoms with Crippen molar-refractivity contribution in [3.05, 3.63) is 29.8 Å². The molecule has 0 bridgehead atoms. The van der Waals surface area contributed by atoms with Gasteiger partial charge in [0.15, 0.2) is 0 Å². The minimum atomic E-state index is -3.47. The SMILES string of the molecule is Cc1ccccc1S(=O)(=O)NCC1CCCCC1O. The zero-order valence-electron chi connectivity index (χ0n) is 11.2. The Labute approximate surface area is 114 Å². The van der Waals surface area contributed by atoms with Gasteiger partial charge in [0, 0.05) is 6.54 Å². The van der Waals surface area contributed by atoms with Crippen molar-refractivity contribution >= 4 is 10.0 Å². The lowest BCUT2D eigenvalue weighted by atomic mass is 9.87. The van der Waals surface area contributed by atoms with Gasteiger partial charge in [0.1, 0.15) is 0 Å². The lowest BCUT2D eigenvalue weighted by Crippen LogP contribution is -2.36. The average molecular weight is 283 g/mol. The van der Waals surface area contributed by atoms with Gasteiger partial charge in [-0.1, -0.05) is 31.0 Å². The third-order valence-electron chi connectivity index (χ3n) is 3.79. The van der Waals surface area contributed by atoms with Crippen molar-refractivity contribution in [2.75, 3.05) is 6.54 Å². The molecule has 0 saturated heterocycles.